The summed E-state index contributed by atoms with van der Waals surface area (Å²) in [5.74, 6) is 0.633. The van der Waals surface area contributed by atoms with Gasteiger partial charge in [-0.1, -0.05) is 6.92 Å². The van der Waals surface area contributed by atoms with Crippen LogP contribution in [0.5, 0.6) is 0 Å². The summed E-state index contributed by atoms with van der Waals surface area (Å²) in [5.41, 5.74) is 0. The zero-order chi connectivity index (χ0) is 11.1. The smallest absolute Gasteiger partial charge is 0.0499 e. The third-order valence-electron chi connectivity index (χ3n) is 3.21. The zero-order valence-corrected chi connectivity index (χ0v) is 11.1. The van der Waals surface area contributed by atoms with Crippen LogP contribution >= 0.6 is 11.8 Å². The Kier molecular flexibility index (Phi) is 6.69. The minimum Gasteiger partial charge on any atom is -0.384 e. The molecule has 1 aliphatic carbocycles. The molecule has 0 saturated heterocycles. The largest absolute Gasteiger partial charge is 0.384 e. The second-order valence-corrected chi connectivity index (χ2v) is 5.82. The van der Waals surface area contributed by atoms with Gasteiger partial charge in [0.05, 0.1) is 0 Å². The number of thioether (sulfide) groups is 1. The van der Waals surface area contributed by atoms with Crippen molar-refractivity contribution in [3.63, 3.8) is 0 Å². The summed E-state index contributed by atoms with van der Waals surface area (Å²) in [6.45, 7) is 4.21. The van der Waals surface area contributed by atoms with E-state index in [0.717, 1.165) is 24.4 Å². The normalized spacial score (nSPS) is 29.0. The number of hydrogen-bond donors (Lipinski definition) is 1. The average Bonchev–Trinajstić information content (AvgIpc) is 2.27. The average molecular weight is 231 g/mol. The number of rotatable bonds is 6. The summed E-state index contributed by atoms with van der Waals surface area (Å²) < 4.78 is 5.13. The lowest BCUT2D eigenvalue weighted by molar-refractivity contribution is 0.155. The van der Waals surface area contributed by atoms with Crippen LogP contribution < -0.4 is 5.32 Å². The van der Waals surface area contributed by atoms with Crippen LogP contribution in [0.1, 0.15) is 32.6 Å². The van der Waals surface area contributed by atoms with Crippen molar-refractivity contribution in [1.29, 1.82) is 0 Å². The molecule has 1 atom stereocenters. The van der Waals surface area contributed by atoms with Gasteiger partial charge in [0.1, 0.15) is 0 Å². The van der Waals surface area contributed by atoms with E-state index in [1.54, 1.807) is 7.11 Å². The molecule has 90 valence electrons. The molecule has 1 aliphatic rings. The topological polar surface area (TPSA) is 21.3 Å². The summed E-state index contributed by atoms with van der Waals surface area (Å²) in [7, 11) is 1.78. The molecule has 0 aromatic heterocycles. The molecule has 0 aromatic carbocycles. The third kappa shape index (κ3) is 5.23. The van der Waals surface area contributed by atoms with Crippen molar-refractivity contribution in [2.24, 2.45) is 5.92 Å². The zero-order valence-electron chi connectivity index (χ0n) is 10.3. The Bertz CT molecular complexity index is 158. The number of hydrogen-bond acceptors (Lipinski definition) is 3. The molecular formula is C12H25NOS. The fraction of sp³-hybridized carbons (Fsp3) is 1.00. The maximum Gasteiger partial charge on any atom is 0.0499 e. The maximum atomic E-state index is 5.13. The predicted octanol–water partition coefficient (Wildman–Crippen LogP) is 2.53. The van der Waals surface area contributed by atoms with Gasteiger partial charge in [0, 0.05) is 31.6 Å². The molecule has 3 heteroatoms. The first kappa shape index (κ1) is 13.3. The number of methoxy groups -OCH3 is 1. The van der Waals surface area contributed by atoms with E-state index in [4.69, 9.17) is 4.74 Å². The molecule has 0 radical (unpaired) electrons. The molecule has 1 unspecified atom stereocenters. The van der Waals surface area contributed by atoms with E-state index in [2.05, 4.69) is 18.5 Å². The molecule has 0 heterocycles. The van der Waals surface area contributed by atoms with Crippen LogP contribution in [0.4, 0.5) is 0 Å². The fourth-order valence-electron chi connectivity index (χ4n) is 2.21. The monoisotopic (exact) mass is 231 g/mol. The third-order valence-corrected chi connectivity index (χ3v) is 4.35. The molecule has 1 rings (SSSR count). The minimum atomic E-state index is 0.633. The van der Waals surface area contributed by atoms with Gasteiger partial charge in [0.2, 0.25) is 0 Å². The van der Waals surface area contributed by atoms with Crippen molar-refractivity contribution in [3.8, 4) is 0 Å². The molecule has 1 N–H and O–H groups in total. The van der Waals surface area contributed by atoms with Gasteiger partial charge >= 0.3 is 0 Å². The van der Waals surface area contributed by atoms with E-state index in [1.807, 2.05) is 11.8 Å². The SMILES string of the molecule is COCC(C)CNC1CCC(SC)CC1. The quantitative estimate of drug-likeness (QED) is 0.759. The molecule has 0 aliphatic heterocycles. The first-order valence-electron chi connectivity index (χ1n) is 6.01. The number of ether oxygens (including phenoxy) is 1. The van der Waals surface area contributed by atoms with Gasteiger partial charge in [-0.2, -0.15) is 11.8 Å². The highest BCUT2D eigenvalue weighted by atomic mass is 32.2. The van der Waals surface area contributed by atoms with E-state index in [0.29, 0.717) is 5.92 Å². The van der Waals surface area contributed by atoms with Crippen molar-refractivity contribution in [1.82, 2.24) is 5.32 Å². The second-order valence-electron chi connectivity index (χ2n) is 4.68. The van der Waals surface area contributed by atoms with E-state index in [1.165, 1.54) is 25.7 Å². The molecule has 1 saturated carbocycles. The van der Waals surface area contributed by atoms with Crippen LogP contribution in [0.15, 0.2) is 0 Å². The van der Waals surface area contributed by atoms with E-state index >= 15 is 0 Å². The summed E-state index contributed by atoms with van der Waals surface area (Å²) in [6, 6.07) is 0.757. The lowest BCUT2D eigenvalue weighted by Gasteiger charge is -2.29. The van der Waals surface area contributed by atoms with Crippen molar-refractivity contribution >= 4 is 11.8 Å². The maximum absolute atomic E-state index is 5.13. The van der Waals surface area contributed by atoms with Crippen LogP contribution in [0.2, 0.25) is 0 Å². The van der Waals surface area contributed by atoms with Crippen LogP contribution in [-0.2, 0) is 4.74 Å². The highest BCUT2D eigenvalue weighted by molar-refractivity contribution is 7.99. The summed E-state index contributed by atoms with van der Waals surface area (Å²) in [5, 5.41) is 4.58. The van der Waals surface area contributed by atoms with Crippen LogP contribution in [0.25, 0.3) is 0 Å². The Balaban J connectivity index is 2.08. The molecule has 0 bridgehead atoms. The van der Waals surface area contributed by atoms with E-state index in [-0.39, 0.29) is 0 Å². The van der Waals surface area contributed by atoms with Gasteiger partial charge in [0.25, 0.3) is 0 Å². The lowest BCUT2D eigenvalue weighted by atomic mass is 9.94. The van der Waals surface area contributed by atoms with E-state index < -0.39 is 0 Å². The Morgan fingerprint density at radius 2 is 2.00 bits per heavy atom. The molecule has 15 heavy (non-hydrogen) atoms. The van der Waals surface area contributed by atoms with Gasteiger partial charge in [-0.15, -0.1) is 0 Å². The van der Waals surface area contributed by atoms with Crippen molar-refractivity contribution in [2.45, 2.75) is 43.9 Å². The molecular weight excluding hydrogens is 206 g/mol. The summed E-state index contributed by atoms with van der Waals surface area (Å²) in [4.78, 5) is 0. The Morgan fingerprint density at radius 1 is 1.33 bits per heavy atom. The standard InChI is InChI=1S/C12H25NOS/c1-10(9-14-2)8-13-11-4-6-12(15-3)7-5-11/h10-13H,4-9H2,1-3H3. The van der Waals surface area contributed by atoms with Gasteiger partial charge < -0.3 is 10.1 Å². The second kappa shape index (κ2) is 7.53. The van der Waals surface area contributed by atoms with Crippen LogP contribution in [0.3, 0.4) is 0 Å². The Morgan fingerprint density at radius 3 is 2.53 bits per heavy atom. The molecule has 0 spiro atoms. The summed E-state index contributed by atoms with van der Waals surface area (Å²) >= 11 is 2.03. The molecule has 0 aromatic rings. The van der Waals surface area contributed by atoms with Gasteiger partial charge in [-0.3, -0.25) is 0 Å². The van der Waals surface area contributed by atoms with Crippen molar-refractivity contribution in [2.75, 3.05) is 26.5 Å². The molecule has 2 nitrogen and oxygen atoms in total. The molecule has 0 amide bonds. The van der Waals surface area contributed by atoms with E-state index in [9.17, 15) is 0 Å². The van der Waals surface area contributed by atoms with Crippen LogP contribution in [0, 0.1) is 5.92 Å². The summed E-state index contributed by atoms with van der Waals surface area (Å²) in [6.07, 6.45) is 7.71. The Hall–Kier alpha value is 0.270. The van der Waals surface area contributed by atoms with Gasteiger partial charge in [0.15, 0.2) is 0 Å². The van der Waals surface area contributed by atoms with Crippen molar-refractivity contribution < 1.29 is 4.74 Å². The van der Waals surface area contributed by atoms with Crippen molar-refractivity contribution in [3.05, 3.63) is 0 Å². The first-order valence-corrected chi connectivity index (χ1v) is 7.30. The minimum absolute atomic E-state index is 0.633. The fourth-order valence-corrected chi connectivity index (χ4v) is 2.96. The van der Waals surface area contributed by atoms with Gasteiger partial charge in [-0.05, 0) is 37.9 Å². The van der Waals surface area contributed by atoms with Gasteiger partial charge in [-0.25, -0.2) is 0 Å². The highest BCUT2D eigenvalue weighted by Crippen LogP contribution is 2.26. The lowest BCUT2D eigenvalue weighted by Crippen LogP contribution is -2.37. The molecule has 1 fully saturated rings. The highest BCUT2D eigenvalue weighted by Gasteiger charge is 2.20. The Labute approximate surface area is 98.5 Å². The first-order chi connectivity index (χ1) is 7.26. The number of nitrogens with one attached hydrogen (secondary N) is 1. The van der Waals surface area contributed by atoms with Crippen LogP contribution in [-0.4, -0.2) is 37.8 Å². The predicted molar refractivity (Wildman–Crippen MR) is 68.6 cm³/mol.